The fourth-order valence-electron chi connectivity index (χ4n) is 6.83. The molecule has 1 aromatic rings. The number of rotatable bonds is 2. The number of hydrogen-bond donors (Lipinski definition) is 1. The van der Waals surface area contributed by atoms with Crippen molar-refractivity contribution in [2.24, 2.45) is 0 Å². The Morgan fingerprint density at radius 1 is 1.23 bits per heavy atom. The maximum atomic E-state index is 12.9. The van der Waals surface area contributed by atoms with Crippen LogP contribution in [0.4, 0.5) is 4.79 Å². The van der Waals surface area contributed by atoms with Crippen LogP contribution >= 0.6 is 0 Å². The van der Waals surface area contributed by atoms with Gasteiger partial charge in [-0.15, -0.1) is 0 Å². The maximum Gasteiger partial charge on any atom is 0.415 e. The zero-order chi connectivity index (χ0) is 21.4. The molecule has 1 spiro atoms. The van der Waals surface area contributed by atoms with Gasteiger partial charge < -0.3 is 29.1 Å². The second kappa shape index (κ2) is 6.62. The zero-order valence-electron chi connectivity index (χ0n) is 18.2. The van der Waals surface area contributed by atoms with Crippen LogP contribution in [0.3, 0.4) is 0 Å². The summed E-state index contributed by atoms with van der Waals surface area (Å²) in [6, 6.07) is 4.05. The van der Waals surface area contributed by atoms with Crippen molar-refractivity contribution >= 4 is 6.09 Å². The van der Waals surface area contributed by atoms with E-state index in [1.54, 1.807) is 12.0 Å². The van der Waals surface area contributed by atoms with E-state index in [1.165, 1.54) is 5.56 Å². The van der Waals surface area contributed by atoms with E-state index in [0.29, 0.717) is 23.7 Å². The van der Waals surface area contributed by atoms with Crippen molar-refractivity contribution in [3.8, 4) is 11.5 Å². The normalized spacial score (nSPS) is 35.7. The highest BCUT2D eigenvalue weighted by atomic mass is 16.6. The lowest BCUT2D eigenvalue weighted by Gasteiger charge is -2.61. The minimum absolute atomic E-state index is 0.00482. The number of hydrogen-bond acceptors (Lipinski definition) is 6. The van der Waals surface area contributed by atoms with Gasteiger partial charge in [0, 0.05) is 31.1 Å². The number of piperidine rings is 2. The summed E-state index contributed by atoms with van der Waals surface area (Å²) >= 11 is 0. The SMILES string of the molecule is COc1ccc2c3c1O[C@H]1C(OC(=O)N4CCCCC4)=CC[C@@]4(O)[C@@H](C2)N(C)CC[C@]314. The summed E-state index contributed by atoms with van der Waals surface area (Å²) in [5, 5.41) is 12.2. The van der Waals surface area contributed by atoms with Gasteiger partial charge in [0.25, 0.3) is 0 Å². The molecule has 2 fully saturated rings. The summed E-state index contributed by atoms with van der Waals surface area (Å²) < 4.78 is 18.1. The summed E-state index contributed by atoms with van der Waals surface area (Å²) in [6.07, 6.45) is 6.19. The molecule has 7 nitrogen and oxygen atoms in total. The van der Waals surface area contributed by atoms with Gasteiger partial charge >= 0.3 is 6.09 Å². The largest absolute Gasteiger partial charge is 0.493 e. The highest BCUT2D eigenvalue weighted by molar-refractivity contribution is 5.70. The topological polar surface area (TPSA) is 71.5 Å². The minimum atomic E-state index is -0.976. The van der Waals surface area contributed by atoms with E-state index in [-0.39, 0.29) is 12.1 Å². The number of ether oxygens (including phenoxy) is 3. The lowest BCUT2D eigenvalue weighted by atomic mass is 9.50. The van der Waals surface area contributed by atoms with Crippen LogP contribution in [0.1, 0.15) is 43.2 Å². The van der Waals surface area contributed by atoms with E-state index in [1.807, 2.05) is 12.1 Å². The van der Waals surface area contributed by atoms with Crippen LogP contribution < -0.4 is 9.47 Å². The van der Waals surface area contributed by atoms with Crippen molar-refractivity contribution in [1.29, 1.82) is 0 Å². The van der Waals surface area contributed by atoms with Crippen molar-refractivity contribution in [1.82, 2.24) is 9.80 Å². The predicted molar refractivity (Wildman–Crippen MR) is 113 cm³/mol. The van der Waals surface area contributed by atoms with Crippen LogP contribution in [0.25, 0.3) is 0 Å². The molecule has 3 aliphatic heterocycles. The maximum absolute atomic E-state index is 12.9. The first-order valence-electron chi connectivity index (χ1n) is 11.5. The van der Waals surface area contributed by atoms with Crippen LogP contribution in [0.2, 0.25) is 0 Å². The second-order valence-corrected chi connectivity index (χ2v) is 9.70. The summed E-state index contributed by atoms with van der Waals surface area (Å²) in [6.45, 7) is 2.33. The van der Waals surface area contributed by atoms with Gasteiger partial charge in [0.15, 0.2) is 17.6 Å². The molecule has 7 heteroatoms. The van der Waals surface area contributed by atoms with Gasteiger partial charge in [-0.25, -0.2) is 4.79 Å². The standard InChI is InChI=1S/C24H30N2O5/c1-25-13-10-23-19-15-6-7-16(29-2)20(19)31-21(23)17(8-9-24(23,28)18(25)14-15)30-22(27)26-11-4-3-5-12-26/h6-8,18,21,28H,3-5,9-14H2,1-2H3/t18-,21+,23+,24-/m1/s1. The summed E-state index contributed by atoms with van der Waals surface area (Å²) in [4.78, 5) is 17.0. The number of carbonyl (C=O) groups excluding carboxylic acids is 1. The van der Waals surface area contributed by atoms with E-state index < -0.39 is 17.1 Å². The van der Waals surface area contributed by atoms with E-state index >= 15 is 0 Å². The summed E-state index contributed by atoms with van der Waals surface area (Å²) in [7, 11) is 3.73. The molecule has 1 amide bonds. The van der Waals surface area contributed by atoms with Gasteiger partial charge in [-0.3, -0.25) is 0 Å². The second-order valence-electron chi connectivity index (χ2n) is 9.70. The molecule has 5 aliphatic rings. The van der Waals surface area contributed by atoms with Crippen LogP contribution in [-0.4, -0.2) is 72.5 Å². The Morgan fingerprint density at radius 2 is 2.03 bits per heavy atom. The molecular weight excluding hydrogens is 396 g/mol. The number of benzene rings is 1. The Morgan fingerprint density at radius 3 is 2.81 bits per heavy atom. The lowest BCUT2D eigenvalue weighted by molar-refractivity contribution is -0.163. The highest BCUT2D eigenvalue weighted by Crippen LogP contribution is 2.65. The van der Waals surface area contributed by atoms with Gasteiger partial charge in [-0.05, 0) is 63.4 Å². The van der Waals surface area contributed by atoms with Gasteiger partial charge in [0.05, 0.1) is 18.1 Å². The van der Waals surface area contributed by atoms with Gasteiger partial charge in [-0.2, -0.15) is 0 Å². The average molecular weight is 427 g/mol. The Bertz CT molecular complexity index is 971. The molecule has 0 saturated carbocycles. The van der Waals surface area contributed by atoms with Crippen molar-refractivity contribution in [3.63, 3.8) is 0 Å². The Labute approximate surface area is 182 Å². The smallest absolute Gasteiger partial charge is 0.415 e. The fourth-order valence-corrected chi connectivity index (χ4v) is 6.83. The third kappa shape index (κ3) is 2.39. The van der Waals surface area contributed by atoms with Crippen LogP contribution in [-0.2, 0) is 16.6 Å². The number of carbonyl (C=O) groups is 1. The quantitative estimate of drug-likeness (QED) is 0.784. The number of aliphatic hydroxyl groups is 1. The monoisotopic (exact) mass is 426 g/mol. The Hall–Kier alpha value is -2.25. The molecule has 2 saturated heterocycles. The fraction of sp³-hybridized carbons (Fsp3) is 0.625. The average Bonchev–Trinajstić information content (AvgIpc) is 3.14. The van der Waals surface area contributed by atoms with E-state index in [0.717, 1.165) is 57.3 Å². The van der Waals surface area contributed by atoms with E-state index in [9.17, 15) is 9.90 Å². The lowest BCUT2D eigenvalue weighted by Crippen LogP contribution is -2.74. The zero-order valence-corrected chi connectivity index (χ0v) is 18.2. The van der Waals surface area contributed by atoms with E-state index in [2.05, 4.69) is 18.0 Å². The number of amides is 1. The highest BCUT2D eigenvalue weighted by Gasteiger charge is 2.72. The van der Waals surface area contributed by atoms with Crippen LogP contribution in [0.15, 0.2) is 24.0 Å². The molecular formula is C24H30N2O5. The van der Waals surface area contributed by atoms with Crippen LogP contribution in [0.5, 0.6) is 11.5 Å². The molecule has 166 valence electrons. The van der Waals surface area contributed by atoms with Gasteiger partial charge in [0.2, 0.25) is 0 Å². The number of nitrogens with zero attached hydrogens (tertiary/aromatic N) is 2. The Kier molecular flexibility index (Phi) is 4.15. The number of likely N-dealkylation sites (N-methyl/N-ethyl adjacent to an activating group) is 1. The van der Waals surface area contributed by atoms with Crippen LogP contribution in [0, 0.1) is 0 Å². The van der Waals surface area contributed by atoms with Crippen molar-refractivity contribution in [2.75, 3.05) is 33.8 Å². The molecule has 1 N–H and O–H groups in total. The first kappa shape index (κ1) is 19.4. The van der Waals surface area contributed by atoms with Crippen molar-refractivity contribution < 1.29 is 24.1 Å². The Balaban J connectivity index is 1.45. The molecule has 6 rings (SSSR count). The molecule has 4 atom stereocenters. The van der Waals surface area contributed by atoms with Gasteiger partial charge in [-0.1, -0.05) is 6.07 Å². The molecule has 2 bridgehead atoms. The van der Waals surface area contributed by atoms with Crippen molar-refractivity contribution in [3.05, 3.63) is 35.1 Å². The third-order valence-electron chi connectivity index (χ3n) is 8.38. The first-order chi connectivity index (χ1) is 15.0. The molecule has 31 heavy (non-hydrogen) atoms. The molecule has 1 aromatic carbocycles. The van der Waals surface area contributed by atoms with Gasteiger partial charge in [0.1, 0.15) is 5.76 Å². The molecule has 2 aliphatic carbocycles. The predicted octanol–water partition coefficient (Wildman–Crippen LogP) is 2.60. The molecule has 0 aromatic heterocycles. The molecule has 3 heterocycles. The van der Waals surface area contributed by atoms with E-state index in [4.69, 9.17) is 14.2 Å². The summed E-state index contributed by atoms with van der Waals surface area (Å²) in [5.41, 5.74) is 0.649. The van der Waals surface area contributed by atoms with Crippen molar-refractivity contribution in [2.45, 2.75) is 61.7 Å². The first-order valence-corrected chi connectivity index (χ1v) is 11.5. The summed E-state index contributed by atoms with van der Waals surface area (Å²) in [5.74, 6) is 1.91. The third-order valence-corrected chi connectivity index (χ3v) is 8.38. The number of likely N-dealkylation sites (tertiary alicyclic amines) is 2. The molecule has 0 unspecified atom stereocenters. The molecule has 0 radical (unpaired) electrons. The minimum Gasteiger partial charge on any atom is -0.493 e. The number of methoxy groups -OCH3 is 1.